The number of esters is 1. The van der Waals surface area contributed by atoms with E-state index in [0.717, 1.165) is 5.56 Å². The van der Waals surface area contributed by atoms with Crippen molar-refractivity contribution in [1.82, 2.24) is 0 Å². The summed E-state index contributed by atoms with van der Waals surface area (Å²) in [5, 5.41) is 0. The Morgan fingerprint density at radius 2 is 1.86 bits per heavy atom. The van der Waals surface area contributed by atoms with Gasteiger partial charge in [0.25, 0.3) is 10.0 Å². The van der Waals surface area contributed by atoms with Gasteiger partial charge in [0.05, 0.1) is 29.9 Å². The van der Waals surface area contributed by atoms with Gasteiger partial charge in [-0.2, -0.15) is 0 Å². The highest BCUT2D eigenvalue weighted by Gasteiger charge is 2.23. The normalized spacial score (nSPS) is 11.4. The lowest BCUT2D eigenvalue weighted by Crippen LogP contribution is -2.17. The molecule has 6 nitrogen and oxygen atoms in total. The molecule has 152 valence electrons. The maximum atomic E-state index is 13.1. The molecule has 0 radical (unpaired) electrons. The highest BCUT2D eigenvalue weighted by molar-refractivity contribution is 7.92. The van der Waals surface area contributed by atoms with E-state index in [-0.39, 0.29) is 17.4 Å². The Hall–Kier alpha value is -2.54. The number of hydrogen-bond donors (Lipinski definition) is 1. The molecule has 0 aliphatic heterocycles. The lowest BCUT2D eigenvalue weighted by atomic mass is 10.0. The van der Waals surface area contributed by atoms with Crippen molar-refractivity contribution in [1.29, 1.82) is 0 Å². The Morgan fingerprint density at radius 1 is 1.18 bits per heavy atom. The fourth-order valence-corrected chi connectivity index (χ4v) is 4.36. The minimum Gasteiger partial charge on any atom is -0.496 e. The minimum atomic E-state index is -3.86. The molecule has 1 N–H and O–H groups in total. The number of hydrogen-bond acceptors (Lipinski definition) is 5. The van der Waals surface area contributed by atoms with Crippen LogP contribution < -0.4 is 9.46 Å². The van der Waals surface area contributed by atoms with Gasteiger partial charge in [-0.15, -0.1) is 0 Å². The molecule has 0 bridgehead atoms. The first kappa shape index (κ1) is 21.8. The minimum absolute atomic E-state index is 0.0957. The van der Waals surface area contributed by atoms with Crippen LogP contribution in [0.15, 0.2) is 35.2 Å². The molecular formula is C21H27NO5S. The van der Waals surface area contributed by atoms with Crippen LogP contribution in [-0.4, -0.2) is 28.1 Å². The summed E-state index contributed by atoms with van der Waals surface area (Å²) in [7, 11) is -2.29. The van der Waals surface area contributed by atoms with E-state index < -0.39 is 16.0 Å². The van der Waals surface area contributed by atoms with Crippen LogP contribution in [0.25, 0.3) is 0 Å². The fraction of sp³-hybridized carbons (Fsp3) is 0.381. The average Bonchev–Trinajstić information content (AvgIpc) is 2.62. The van der Waals surface area contributed by atoms with Crippen LogP contribution in [0.5, 0.6) is 5.75 Å². The predicted octanol–water partition coefficient (Wildman–Crippen LogP) is 4.41. The molecule has 0 unspecified atom stereocenters. The van der Waals surface area contributed by atoms with E-state index in [0.29, 0.717) is 28.1 Å². The fourth-order valence-electron chi connectivity index (χ4n) is 2.97. The Kier molecular flexibility index (Phi) is 6.72. The third-order valence-corrected chi connectivity index (χ3v) is 6.02. The van der Waals surface area contributed by atoms with Crippen molar-refractivity contribution in [2.24, 2.45) is 0 Å². The van der Waals surface area contributed by atoms with Crippen LogP contribution in [0, 0.1) is 13.8 Å². The van der Waals surface area contributed by atoms with Gasteiger partial charge in [0.2, 0.25) is 0 Å². The molecule has 2 aromatic rings. The quantitative estimate of drug-likeness (QED) is 0.690. The molecule has 7 heteroatoms. The average molecular weight is 406 g/mol. The van der Waals surface area contributed by atoms with Crippen LogP contribution in [0.2, 0.25) is 0 Å². The number of nitrogens with one attached hydrogen (secondary N) is 1. The van der Waals surface area contributed by atoms with Gasteiger partial charge in [0.1, 0.15) is 5.75 Å². The zero-order chi connectivity index (χ0) is 21.1. The molecule has 0 aliphatic rings. The van der Waals surface area contributed by atoms with Crippen LogP contribution in [-0.2, 0) is 14.8 Å². The first-order valence-corrected chi connectivity index (χ1v) is 10.6. The second-order valence-electron chi connectivity index (χ2n) is 6.82. The summed E-state index contributed by atoms with van der Waals surface area (Å²) in [5.41, 5.74) is 2.57. The number of carbonyl (C=O) groups excluding carboxylic acids is 1. The number of rotatable bonds is 7. The highest BCUT2D eigenvalue weighted by atomic mass is 32.2. The summed E-state index contributed by atoms with van der Waals surface area (Å²) in [6, 6.07) is 8.23. The van der Waals surface area contributed by atoms with Crippen molar-refractivity contribution in [3.05, 3.63) is 52.6 Å². The van der Waals surface area contributed by atoms with Gasteiger partial charge >= 0.3 is 5.97 Å². The molecule has 28 heavy (non-hydrogen) atoms. The molecule has 2 aromatic carbocycles. The predicted molar refractivity (Wildman–Crippen MR) is 110 cm³/mol. The largest absolute Gasteiger partial charge is 0.496 e. The van der Waals surface area contributed by atoms with Crippen LogP contribution in [0.4, 0.5) is 5.69 Å². The molecular weight excluding hydrogens is 378 g/mol. The van der Waals surface area contributed by atoms with Gasteiger partial charge in [0.15, 0.2) is 0 Å². The Balaban J connectivity index is 2.49. The van der Waals surface area contributed by atoms with E-state index in [1.807, 2.05) is 13.8 Å². The summed E-state index contributed by atoms with van der Waals surface area (Å²) >= 11 is 0. The summed E-state index contributed by atoms with van der Waals surface area (Å²) in [4.78, 5) is 12.3. The first-order chi connectivity index (χ1) is 13.1. The van der Waals surface area contributed by atoms with Gasteiger partial charge in [-0.05, 0) is 67.6 Å². The third kappa shape index (κ3) is 4.47. The molecule has 0 spiro atoms. The lowest BCUT2D eigenvalue weighted by Gasteiger charge is -2.18. The lowest BCUT2D eigenvalue weighted by molar-refractivity contribution is 0.0525. The Bertz CT molecular complexity index is 981. The molecule has 0 saturated heterocycles. The second-order valence-corrected chi connectivity index (χ2v) is 8.47. The zero-order valence-corrected chi connectivity index (χ0v) is 17.9. The van der Waals surface area contributed by atoms with Crippen molar-refractivity contribution < 1.29 is 22.7 Å². The molecule has 0 saturated carbocycles. The SMILES string of the molecule is CCOC(=O)c1cccc(NS(=O)(=O)c2cc(C(C)C)c(OC)cc2C)c1C. The van der Waals surface area contributed by atoms with Crippen LogP contribution >= 0.6 is 0 Å². The summed E-state index contributed by atoms with van der Waals surface area (Å²) in [6.45, 7) is 9.33. The zero-order valence-electron chi connectivity index (χ0n) is 17.1. The van der Waals surface area contributed by atoms with Gasteiger partial charge in [-0.1, -0.05) is 19.9 Å². The molecule has 0 aliphatic carbocycles. The second kappa shape index (κ2) is 8.65. The Morgan fingerprint density at radius 3 is 2.43 bits per heavy atom. The molecule has 2 rings (SSSR count). The number of benzene rings is 2. The monoisotopic (exact) mass is 405 g/mol. The van der Waals surface area contributed by atoms with Crippen LogP contribution in [0.3, 0.4) is 0 Å². The molecule has 0 fully saturated rings. The molecule has 0 atom stereocenters. The Labute approximate surface area is 166 Å². The van der Waals surface area contributed by atoms with Gasteiger partial charge < -0.3 is 9.47 Å². The first-order valence-electron chi connectivity index (χ1n) is 9.10. The number of sulfonamides is 1. The van der Waals surface area contributed by atoms with E-state index in [4.69, 9.17) is 9.47 Å². The maximum Gasteiger partial charge on any atom is 0.338 e. The molecule has 0 amide bonds. The highest BCUT2D eigenvalue weighted by Crippen LogP contribution is 2.33. The summed E-state index contributed by atoms with van der Waals surface area (Å²) in [5.74, 6) is 0.272. The number of methoxy groups -OCH3 is 1. The van der Waals surface area contributed by atoms with Crippen LogP contribution in [0.1, 0.15) is 53.7 Å². The van der Waals surface area contributed by atoms with E-state index >= 15 is 0 Å². The number of ether oxygens (including phenoxy) is 2. The number of aryl methyl sites for hydroxylation is 1. The summed E-state index contributed by atoms with van der Waals surface area (Å²) in [6.07, 6.45) is 0. The van der Waals surface area contributed by atoms with Gasteiger partial charge in [-0.3, -0.25) is 4.72 Å². The summed E-state index contributed by atoms with van der Waals surface area (Å²) < 4.78 is 39.2. The van der Waals surface area contributed by atoms with Crippen molar-refractivity contribution in [3.63, 3.8) is 0 Å². The van der Waals surface area contributed by atoms with E-state index in [2.05, 4.69) is 4.72 Å². The van der Waals surface area contributed by atoms with Gasteiger partial charge in [-0.25, -0.2) is 13.2 Å². The molecule has 0 aromatic heterocycles. The van der Waals surface area contributed by atoms with E-state index in [1.165, 1.54) is 0 Å². The molecule has 0 heterocycles. The van der Waals surface area contributed by atoms with Crippen molar-refractivity contribution in [2.75, 3.05) is 18.4 Å². The van der Waals surface area contributed by atoms with Crippen molar-refractivity contribution in [3.8, 4) is 5.75 Å². The van der Waals surface area contributed by atoms with Gasteiger partial charge in [0, 0.05) is 0 Å². The number of anilines is 1. The standard InChI is InChI=1S/C21H27NO5S/c1-7-27-21(23)16-9-8-10-18(15(16)5)22-28(24,25)20-12-17(13(2)3)19(26-6)11-14(20)4/h8-13,22H,7H2,1-6H3. The van der Waals surface area contributed by atoms with Crippen molar-refractivity contribution in [2.45, 2.75) is 45.4 Å². The number of carbonyl (C=O) groups is 1. The topological polar surface area (TPSA) is 81.7 Å². The smallest absolute Gasteiger partial charge is 0.338 e. The van der Waals surface area contributed by atoms with E-state index in [1.54, 1.807) is 58.2 Å². The van der Waals surface area contributed by atoms with Crippen molar-refractivity contribution >= 4 is 21.7 Å². The van der Waals surface area contributed by atoms with E-state index in [9.17, 15) is 13.2 Å². The third-order valence-electron chi connectivity index (χ3n) is 4.51. The maximum absolute atomic E-state index is 13.1.